The molecule has 0 bridgehead atoms. The minimum atomic E-state index is -0.564. The summed E-state index contributed by atoms with van der Waals surface area (Å²) in [6.45, 7) is 4.97. The Balaban J connectivity index is 2.19. The van der Waals surface area contributed by atoms with Crippen LogP contribution in [-0.2, 0) is 9.59 Å². The van der Waals surface area contributed by atoms with Crippen molar-refractivity contribution in [2.45, 2.75) is 13.3 Å². The zero-order valence-electron chi connectivity index (χ0n) is 12.5. The summed E-state index contributed by atoms with van der Waals surface area (Å²) in [6, 6.07) is 10.6. The molecule has 0 fully saturated rings. The molecule has 0 aliphatic rings. The van der Waals surface area contributed by atoms with Crippen LogP contribution in [0.4, 0.5) is 4.39 Å². The van der Waals surface area contributed by atoms with Crippen LogP contribution < -0.4 is 9.47 Å². The van der Waals surface area contributed by atoms with Crippen LogP contribution in [0.3, 0.4) is 0 Å². The van der Waals surface area contributed by atoms with Gasteiger partial charge in [0.25, 0.3) is 0 Å². The lowest BCUT2D eigenvalue weighted by Gasteiger charge is -2.08. The number of hydrogen-bond donors (Lipinski definition) is 0. The number of hydrogen-bond acceptors (Lipinski definition) is 4. The Morgan fingerprint density at radius 2 is 1.74 bits per heavy atom. The zero-order valence-corrected chi connectivity index (χ0v) is 12.5. The molecule has 0 aliphatic carbocycles. The molecule has 0 heterocycles. The van der Waals surface area contributed by atoms with E-state index in [1.54, 1.807) is 31.2 Å². The first-order valence-electron chi connectivity index (χ1n) is 6.98. The summed E-state index contributed by atoms with van der Waals surface area (Å²) in [5, 5.41) is 0. The van der Waals surface area contributed by atoms with Crippen molar-refractivity contribution in [1.82, 2.24) is 0 Å². The standard InChI is InChI=1S/C18H15FO4/c1-3-17(20)22-13-7-5-12(6-8-13)15-10-9-14(11-16(15)19)23-18(21)4-2/h3,5-11H,1,4H2,2H3. The van der Waals surface area contributed by atoms with Crippen molar-refractivity contribution in [3.63, 3.8) is 0 Å². The molecule has 2 rings (SSSR count). The summed E-state index contributed by atoms with van der Waals surface area (Å²) in [5.74, 6) is -0.999. The van der Waals surface area contributed by atoms with Crippen molar-refractivity contribution in [1.29, 1.82) is 0 Å². The summed E-state index contributed by atoms with van der Waals surface area (Å²) in [5.41, 5.74) is 0.956. The van der Waals surface area contributed by atoms with E-state index < -0.39 is 17.8 Å². The van der Waals surface area contributed by atoms with E-state index in [0.717, 1.165) is 12.1 Å². The lowest BCUT2D eigenvalue weighted by Crippen LogP contribution is -2.05. The lowest BCUT2D eigenvalue weighted by atomic mass is 10.0. The molecule has 0 saturated carbocycles. The molecule has 0 radical (unpaired) electrons. The predicted molar refractivity (Wildman–Crippen MR) is 83.6 cm³/mol. The average molecular weight is 314 g/mol. The van der Waals surface area contributed by atoms with Crippen LogP contribution in [0.15, 0.2) is 55.1 Å². The topological polar surface area (TPSA) is 52.6 Å². The highest BCUT2D eigenvalue weighted by Crippen LogP contribution is 2.28. The van der Waals surface area contributed by atoms with Gasteiger partial charge < -0.3 is 9.47 Å². The van der Waals surface area contributed by atoms with Crippen LogP contribution >= 0.6 is 0 Å². The molecular weight excluding hydrogens is 299 g/mol. The molecule has 0 amide bonds. The van der Waals surface area contributed by atoms with Gasteiger partial charge in [-0.3, -0.25) is 4.79 Å². The fourth-order valence-corrected chi connectivity index (χ4v) is 1.86. The molecule has 0 N–H and O–H groups in total. The Morgan fingerprint density at radius 1 is 1.09 bits per heavy atom. The first kappa shape index (κ1) is 16.4. The summed E-state index contributed by atoms with van der Waals surface area (Å²) >= 11 is 0. The van der Waals surface area contributed by atoms with Crippen LogP contribution in [0.1, 0.15) is 13.3 Å². The van der Waals surface area contributed by atoms with Crippen molar-refractivity contribution in [2.24, 2.45) is 0 Å². The highest BCUT2D eigenvalue weighted by Gasteiger charge is 2.09. The van der Waals surface area contributed by atoms with E-state index in [1.807, 2.05) is 0 Å². The highest BCUT2D eigenvalue weighted by atomic mass is 19.1. The van der Waals surface area contributed by atoms with E-state index in [-0.39, 0.29) is 12.2 Å². The molecule has 118 valence electrons. The van der Waals surface area contributed by atoms with Gasteiger partial charge in [-0.05, 0) is 29.8 Å². The monoisotopic (exact) mass is 314 g/mol. The van der Waals surface area contributed by atoms with Crippen LogP contribution in [0.25, 0.3) is 11.1 Å². The second-order valence-electron chi connectivity index (χ2n) is 4.62. The van der Waals surface area contributed by atoms with Gasteiger partial charge >= 0.3 is 11.9 Å². The minimum absolute atomic E-state index is 0.162. The van der Waals surface area contributed by atoms with Crippen LogP contribution in [0.2, 0.25) is 0 Å². The molecule has 5 heteroatoms. The molecule has 2 aromatic rings. The van der Waals surface area contributed by atoms with Gasteiger partial charge in [-0.25, -0.2) is 9.18 Å². The average Bonchev–Trinajstić information content (AvgIpc) is 2.55. The minimum Gasteiger partial charge on any atom is -0.426 e. The Kier molecular flexibility index (Phi) is 5.25. The number of benzene rings is 2. The maximum absolute atomic E-state index is 14.2. The third kappa shape index (κ3) is 4.26. The van der Waals surface area contributed by atoms with Crippen LogP contribution in [0, 0.1) is 5.82 Å². The molecule has 0 aromatic heterocycles. The number of carbonyl (C=O) groups is 2. The maximum Gasteiger partial charge on any atom is 0.335 e. The number of esters is 2. The van der Waals surface area contributed by atoms with Crippen molar-refractivity contribution >= 4 is 11.9 Å². The third-order valence-electron chi connectivity index (χ3n) is 3.01. The fraction of sp³-hybridized carbons (Fsp3) is 0.111. The van der Waals surface area contributed by atoms with Gasteiger partial charge in [-0.2, -0.15) is 0 Å². The van der Waals surface area contributed by atoms with E-state index in [4.69, 9.17) is 9.47 Å². The molecule has 2 aromatic carbocycles. The maximum atomic E-state index is 14.2. The third-order valence-corrected chi connectivity index (χ3v) is 3.01. The zero-order chi connectivity index (χ0) is 16.8. The van der Waals surface area contributed by atoms with Crippen LogP contribution in [0.5, 0.6) is 11.5 Å². The van der Waals surface area contributed by atoms with Crippen molar-refractivity contribution in [2.75, 3.05) is 0 Å². The van der Waals surface area contributed by atoms with Gasteiger partial charge in [-0.1, -0.05) is 25.6 Å². The van der Waals surface area contributed by atoms with Gasteiger partial charge in [0.05, 0.1) is 0 Å². The Bertz CT molecular complexity index is 735. The fourth-order valence-electron chi connectivity index (χ4n) is 1.86. The van der Waals surface area contributed by atoms with E-state index in [9.17, 15) is 14.0 Å². The van der Waals surface area contributed by atoms with Crippen LogP contribution in [-0.4, -0.2) is 11.9 Å². The number of ether oxygens (including phenoxy) is 2. The van der Waals surface area contributed by atoms with Gasteiger partial charge in [-0.15, -0.1) is 0 Å². The van der Waals surface area contributed by atoms with Gasteiger partial charge in [0.15, 0.2) is 0 Å². The summed E-state index contributed by atoms with van der Waals surface area (Å²) in [4.78, 5) is 22.3. The molecule has 0 aliphatic heterocycles. The van der Waals surface area contributed by atoms with E-state index >= 15 is 0 Å². The van der Waals surface area contributed by atoms with Gasteiger partial charge in [0.1, 0.15) is 17.3 Å². The molecular formula is C18H15FO4. The van der Waals surface area contributed by atoms with Gasteiger partial charge in [0.2, 0.25) is 0 Å². The Morgan fingerprint density at radius 3 is 2.30 bits per heavy atom. The molecule has 0 spiro atoms. The predicted octanol–water partition coefficient (Wildman–Crippen LogP) is 3.90. The summed E-state index contributed by atoms with van der Waals surface area (Å²) in [6.07, 6.45) is 1.28. The largest absolute Gasteiger partial charge is 0.426 e. The number of rotatable bonds is 5. The molecule has 0 atom stereocenters. The molecule has 0 saturated heterocycles. The molecule has 23 heavy (non-hydrogen) atoms. The lowest BCUT2D eigenvalue weighted by molar-refractivity contribution is -0.134. The van der Waals surface area contributed by atoms with Gasteiger partial charge in [0, 0.05) is 24.1 Å². The first-order chi connectivity index (χ1) is 11.0. The summed E-state index contributed by atoms with van der Waals surface area (Å²) in [7, 11) is 0. The van der Waals surface area contributed by atoms with Crippen molar-refractivity contribution < 1.29 is 23.5 Å². The molecule has 4 nitrogen and oxygen atoms in total. The number of halogens is 1. The quantitative estimate of drug-likeness (QED) is 0.477. The second-order valence-corrected chi connectivity index (χ2v) is 4.62. The van der Waals surface area contributed by atoms with E-state index in [0.29, 0.717) is 16.9 Å². The van der Waals surface area contributed by atoms with Crippen molar-refractivity contribution in [3.05, 3.63) is 60.9 Å². The second kappa shape index (κ2) is 7.35. The Labute approximate surface area is 133 Å². The summed E-state index contributed by atoms with van der Waals surface area (Å²) < 4.78 is 24.1. The Hall–Kier alpha value is -2.95. The van der Waals surface area contributed by atoms with E-state index in [1.165, 1.54) is 12.1 Å². The smallest absolute Gasteiger partial charge is 0.335 e. The van der Waals surface area contributed by atoms with E-state index in [2.05, 4.69) is 6.58 Å². The molecule has 0 unspecified atom stereocenters. The normalized spacial score (nSPS) is 10.0. The highest BCUT2D eigenvalue weighted by molar-refractivity contribution is 5.83. The first-order valence-corrected chi connectivity index (χ1v) is 6.98. The van der Waals surface area contributed by atoms with Crippen molar-refractivity contribution in [3.8, 4) is 22.6 Å². The SMILES string of the molecule is C=CC(=O)Oc1ccc(-c2ccc(OC(=O)CC)cc2F)cc1. The number of carbonyl (C=O) groups excluding carboxylic acids is 2.